The molecule has 0 aliphatic carbocycles. The first-order chi connectivity index (χ1) is 7.33. The molecule has 0 saturated carbocycles. The standard InChI is InChI=1S/C10H22.C3H6O2/c1-3-5-7-9-10-8-6-4-2;1-2-5-3-4/h3-10H2,1-2H3;3H,2H2,1H3. The van der Waals surface area contributed by atoms with Gasteiger partial charge < -0.3 is 4.74 Å². The summed E-state index contributed by atoms with van der Waals surface area (Å²) in [6, 6.07) is 0. The number of rotatable bonds is 9. The second-order valence-electron chi connectivity index (χ2n) is 3.67. The summed E-state index contributed by atoms with van der Waals surface area (Å²) in [5.41, 5.74) is 0. The largest absolute Gasteiger partial charge is 0.468 e. The molecule has 15 heavy (non-hydrogen) atoms. The molecule has 0 rings (SSSR count). The third-order valence-corrected chi connectivity index (χ3v) is 2.19. The van der Waals surface area contributed by atoms with Gasteiger partial charge in [-0.15, -0.1) is 0 Å². The van der Waals surface area contributed by atoms with Crippen LogP contribution >= 0.6 is 0 Å². The predicted octanol–water partition coefficient (Wildman–Crippen LogP) is 4.33. The molecule has 2 heteroatoms. The van der Waals surface area contributed by atoms with Crippen molar-refractivity contribution in [2.24, 2.45) is 0 Å². The van der Waals surface area contributed by atoms with Gasteiger partial charge in [0, 0.05) is 0 Å². The van der Waals surface area contributed by atoms with Crippen molar-refractivity contribution in [3.05, 3.63) is 0 Å². The van der Waals surface area contributed by atoms with Crippen molar-refractivity contribution in [1.29, 1.82) is 0 Å². The van der Waals surface area contributed by atoms with Gasteiger partial charge in [0.2, 0.25) is 0 Å². The minimum atomic E-state index is 0.431. The van der Waals surface area contributed by atoms with Gasteiger partial charge in [-0.05, 0) is 6.92 Å². The molecule has 0 aromatic rings. The number of unbranched alkanes of at least 4 members (excludes halogenated alkanes) is 7. The molecule has 0 aromatic heterocycles. The van der Waals surface area contributed by atoms with Gasteiger partial charge in [0.15, 0.2) is 0 Å². The lowest BCUT2D eigenvalue weighted by molar-refractivity contribution is -0.128. The fourth-order valence-corrected chi connectivity index (χ4v) is 1.28. The maximum absolute atomic E-state index is 9.18. The van der Waals surface area contributed by atoms with E-state index >= 15 is 0 Å². The Morgan fingerprint density at radius 1 is 0.800 bits per heavy atom. The zero-order valence-corrected chi connectivity index (χ0v) is 10.8. The molecule has 0 amide bonds. The zero-order valence-electron chi connectivity index (χ0n) is 10.8. The third kappa shape index (κ3) is 24.7. The van der Waals surface area contributed by atoms with Crippen molar-refractivity contribution in [3.8, 4) is 0 Å². The van der Waals surface area contributed by atoms with E-state index in [-0.39, 0.29) is 0 Å². The molecule has 0 bridgehead atoms. The summed E-state index contributed by atoms with van der Waals surface area (Å²) in [7, 11) is 0. The Labute approximate surface area is 95.4 Å². The van der Waals surface area contributed by atoms with Crippen LogP contribution in [0.15, 0.2) is 0 Å². The van der Waals surface area contributed by atoms with Crippen LogP contribution in [-0.4, -0.2) is 13.1 Å². The summed E-state index contributed by atoms with van der Waals surface area (Å²) in [5, 5.41) is 0. The lowest BCUT2D eigenvalue weighted by Crippen LogP contribution is -1.80. The van der Waals surface area contributed by atoms with E-state index in [0.717, 1.165) is 0 Å². The average molecular weight is 216 g/mol. The van der Waals surface area contributed by atoms with E-state index in [2.05, 4.69) is 18.6 Å². The van der Waals surface area contributed by atoms with Crippen LogP contribution in [0.3, 0.4) is 0 Å². The second kappa shape index (κ2) is 19.1. The smallest absolute Gasteiger partial charge is 0.293 e. The van der Waals surface area contributed by atoms with Crippen LogP contribution in [0, 0.1) is 0 Å². The molecule has 0 atom stereocenters. The highest BCUT2D eigenvalue weighted by Crippen LogP contribution is 2.07. The number of hydrogen-bond donors (Lipinski definition) is 0. The van der Waals surface area contributed by atoms with E-state index < -0.39 is 0 Å². The highest BCUT2D eigenvalue weighted by atomic mass is 16.5. The summed E-state index contributed by atoms with van der Waals surface area (Å²) in [5.74, 6) is 0. The molecular weight excluding hydrogens is 188 g/mol. The maximum Gasteiger partial charge on any atom is 0.293 e. The number of ether oxygens (including phenoxy) is 1. The Hall–Kier alpha value is -0.530. The highest BCUT2D eigenvalue weighted by molar-refractivity contribution is 5.36. The molecule has 0 spiro atoms. The van der Waals surface area contributed by atoms with Crippen LogP contribution in [0.5, 0.6) is 0 Å². The SMILES string of the molecule is CCCCCCCCCC.CCOC=O. The van der Waals surface area contributed by atoms with Gasteiger partial charge in [0.25, 0.3) is 6.47 Å². The van der Waals surface area contributed by atoms with Crippen LogP contribution in [-0.2, 0) is 9.53 Å². The topological polar surface area (TPSA) is 26.3 Å². The lowest BCUT2D eigenvalue weighted by atomic mass is 10.1. The Morgan fingerprint density at radius 2 is 1.20 bits per heavy atom. The van der Waals surface area contributed by atoms with Crippen molar-refractivity contribution >= 4 is 6.47 Å². The molecule has 0 N–H and O–H groups in total. The molecule has 92 valence electrons. The molecule has 0 aliphatic heterocycles. The van der Waals surface area contributed by atoms with Gasteiger partial charge in [-0.1, -0.05) is 65.2 Å². The second-order valence-corrected chi connectivity index (χ2v) is 3.67. The maximum atomic E-state index is 9.18. The highest BCUT2D eigenvalue weighted by Gasteiger charge is 1.87. The number of hydrogen-bond acceptors (Lipinski definition) is 2. The fourth-order valence-electron chi connectivity index (χ4n) is 1.28. The van der Waals surface area contributed by atoms with Crippen LogP contribution in [0.1, 0.15) is 72.1 Å². The minimum Gasteiger partial charge on any atom is -0.468 e. The molecular formula is C13H28O2. The first-order valence-electron chi connectivity index (χ1n) is 6.38. The first kappa shape index (κ1) is 16.9. The van der Waals surface area contributed by atoms with Gasteiger partial charge in [-0.25, -0.2) is 0 Å². The number of carbonyl (C=O) groups is 1. The quantitative estimate of drug-likeness (QED) is 0.423. The van der Waals surface area contributed by atoms with E-state index in [4.69, 9.17) is 0 Å². The monoisotopic (exact) mass is 216 g/mol. The van der Waals surface area contributed by atoms with Gasteiger partial charge in [0.1, 0.15) is 0 Å². The van der Waals surface area contributed by atoms with E-state index in [0.29, 0.717) is 13.1 Å². The summed E-state index contributed by atoms with van der Waals surface area (Å²) in [4.78, 5) is 9.18. The van der Waals surface area contributed by atoms with Crippen molar-refractivity contribution in [1.82, 2.24) is 0 Å². The van der Waals surface area contributed by atoms with E-state index in [1.54, 1.807) is 6.92 Å². The normalized spacial score (nSPS) is 9.00. The van der Waals surface area contributed by atoms with Crippen LogP contribution in [0.25, 0.3) is 0 Å². The van der Waals surface area contributed by atoms with Crippen molar-refractivity contribution in [3.63, 3.8) is 0 Å². The predicted molar refractivity (Wildman–Crippen MR) is 66.0 cm³/mol. The van der Waals surface area contributed by atoms with Crippen LogP contribution in [0.2, 0.25) is 0 Å². The first-order valence-corrected chi connectivity index (χ1v) is 6.38. The van der Waals surface area contributed by atoms with E-state index in [1.165, 1.54) is 51.4 Å². The summed E-state index contributed by atoms with van der Waals surface area (Å²) >= 11 is 0. The van der Waals surface area contributed by atoms with Gasteiger partial charge >= 0.3 is 0 Å². The Bertz CT molecular complexity index is 94.7. The van der Waals surface area contributed by atoms with Gasteiger partial charge in [0.05, 0.1) is 6.61 Å². The summed E-state index contributed by atoms with van der Waals surface area (Å²) in [6.45, 7) is 7.20. The molecule has 0 heterocycles. The third-order valence-electron chi connectivity index (χ3n) is 2.19. The van der Waals surface area contributed by atoms with Crippen molar-refractivity contribution in [2.75, 3.05) is 6.61 Å². The molecule has 2 nitrogen and oxygen atoms in total. The molecule has 0 aliphatic rings. The Morgan fingerprint density at radius 3 is 1.40 bits per heavy atom. The van der Waals surface area contributed by atoms with Gasteiger partial charge in [-0.2, -0.15) is 0 Å². The average Bonchev–Trinajstić information content (AvgIpc) is 2.25. The zero-order chi connectivity index (χ0) is 11.8. The Kier molecular flexibility index (Phi) is 21.5. The van der Waals surface area contributed by atoms with Gasteiger partial charge in [-0.3, -0.25) is 4.79 Å². The summed E-state index contributed by atoms with van der Waals surface area (Å²) < 4.78 is 4.15. The Balaban J connectivity index is 0. The molecule has 0 fully saturated rings. The fraction of sp³-hybridized carbons (Fsp3) is 0.923. The number of carbonyl (C=O) groups excluding carboxylic acids is 1. The van der Waals surface area contributed by atoms with E-state index in [1.807, 2.05) is 0 Å². The van der Waals surface area contributed by atoms with Crippen molar-refractivity contribution in [2.45, 2.75) is 72.1 Å². The summed E-state index contributed by atoms with van der Waals surface area (Å²) in [6.07, 6.45) is 11.5. The van der Waals surface area contributed by atoms with Crippen molar-refractivity contribution < 1.29 is 9.53 Å². The van der Waals surface area contributed by atoms with E-state index in [9.17, 15) is 4.79 Å². The minimum absolute atomic E-state index is 0.431. The van der Waals surface area contributed by atoms with Crippen LogP contribution in [0.4, 0.5) is 0 Å². The lowest BCUT2D eigenvalue weighted by Gasteiger charge is -1.97. The molecule has 0 aromatic carbocycles. The van der Waals surface area contributed by atoms with Crippen LogP contribution < -0.4 is 0 Å². The molecule has 0 saturated heterocycles. The molecule has 0 radical (unpaired) electrons. The molecule has 0 unspecified atom stereocenters.